The molecular formula is C14H20O2. The summed E-state index contributed by atoms with van der Waals surface area (Å²) in [5, 5.41) is 19.8. The second-order valence-electron chi connectivity index (χ2n) is 4.68. The lowest BCUT2D eigenvalue weighted by atomic mass is 9.77. The molecule has 2 nitrogen and oxygen atoms in total. The van der Waals surface area contributed by atoms with Crippen LogP contribution in [0.5, 0.6) is 0 Å². The highest BCUT2D eigenvalue weighted by atomic mass is 16.3. The first-order valence-electron chi connectivity index (χ1n) is 6.19. The minimum atomic E-state index is -0.734. The Hall–Kier alpha value is -0.860. The third-order valence-electron chi connectivity index (χ3n) is 3.64. The second kappa shape index (κ2) is 4.98. The number of benzene rings is 1. The zero-order valence-corrected chi connectivity index (χ0v) is 9.76. The quantitative estimate of drug-likeness (QED) is 0.819. The van der Waals surface area contributed by atoms with Gasteiger partial charge in [-0.3, -0.25) is 0 Å². The standard InChI is InChI=1S/C14H20O2/c1-2-13(15)14(16)12-9-4-3-8-11(12)10-6-5-7-10/h3-4,8-10,13-16H,2,5-7H2,1H3. The van der Waals surface area contributed by atoms with Gasteiger partial charge in [0.1, 0.15) is 6.10 Å². The minimum absolute atomic E-state index is 0.583. The van der Waals surface area contributed by atoms with Crippen molar-refractivity contribution < 1.29 is 10.2 Å². The van der Waals surface area contributed by atoms with Gasteiger partial charge >= 0.3 is 0 Å². The molecule has 0 bridgehead atoms. The smallest absolute Gasteiger partial charge is 0.105 e. The van der Waals surface area contributed by atoms with E-state index >= 15 is 0 Å². The molecule has 1 aromatic rings. The first kappa shape index (κ1) is 11.6. The summed E-state index contributed by atoms with van der Waals surface area (Å²) in [5.41, 5.74) is 2.15. The lowest BCUT2D eigenvalue weighted by Crippen LogP contribution is -2.20. The average molecular weight is 220 g/mol. The Morgan fingerprint density at radius 3 is 2.50 bits per heavy atom. The van der Waals surface area contributed by atoms with Crippen molar-refractivity contribution in [2.75, 3.05) is 0 Å². The van der Waals surface area contributed by atoms with Crippen LogP contribution in [0.3, 0.4) is 0 Å². The highest BCUT2D eigenvalue weighted by molar-refractivity contribution is 5.33. The van der Waals surface area contributed by atoms with Gasteiger partial charge in [-0.1, -0.05) is 37.6 Å². The molecule has 0 amide bonds. The Kier molecular flexibility index (Phi) is 3.62. The molecule has 16 heavy (non-hydrogen) atoms. The van der Waals surface area contributed by atoms with Gasteiger partial charge in [-0.15, -0.1) is 0 Å². The van der Waals surface area contributed by atoms with Crippen molar-refractivity contribution in [2.24, 2.45) is 0 Å². The molecular weight excluding hydrogens is 200 g/mol. The molecule has 0 aliphatic heterocycles. The molecule has 0 aromatic heterocycles. The van der Waals surface area contributed by atoms with Crippen molar-refractivity contribution in [2.45, 2.75) is 50.7 Å². The lowest BCUT2D eigenvalue weighted by molar-refractivity contribution is 0.0155. The second-order valence-corrected chi connectivity index (χ2v) is 4.68. The van der Waals surface area contributed by atoms with Crippen molar-refractivity contribution in [3.63, 3.8) is 0 Å². The molecule has 0 saturated heterocycles. The average Bonchev–Trinajstić information content (AvgIpc) is 2.25. The van der Waals surface area contributed by atoms with E-state index in [2.05, 4.69) is 6.07 Å². The molecule has 1 aromatic carbocycles. The van der Waals surface area contributed by atoms with Crippen LogP contribution in [-0.4, -0.2) is 16.3 Å². The van der Waals surface area contributed by atoms with Crippen molar-refractivity contribution in [1.29, 1.82) is 0 Å². The molecule has 2 rings (SSSR count). The molecule has 2 heteroatoms. The van der Waals surface area contributed by atoms with E-state index < -0.39 is 12.2 Å². The van der Waals surface area contributed by atoms with Gasteiger partial charge < -0.3 is 10.2 Å². The molecule has 1 saturated carbocycles. The summed E-state index contributed by atoms with van der Waals surface area (Å²) in [5.74, 6) is 0.593. The predicted molar refractivity (Wildman–Crippen MR) is 64.3 cm³/mol. The van der Waals surface area contributed by atoms with Crippen molar-refractivity contribution in [3.8, 4) is 0 Å². The summed E-state index contributed by atoms with van der Waals surface area (Å²) in [6.45, 7) is 1.89. The molecule has 2 N–H and O–H groups in total. The van der Waals surface area contributed by atoms with E-state index in [0.717, 1.165) is 5.56 Å². The fraction of sp³-hybridized carbons (Fsp3) is 0.571. The van der Waals surface area contributed by atoms with Gasteiger partial charge in [0.05, 0.1) is 6.10 Å². The summed E-state index contributed by atoms with van der Waals surface area (Å²) in [6, 6.07) is 7.98. The summed E-state index contributed by atoms with van der Waals surface area (Å²) in [7, 11) is 0. The highest BCUT2D eigenvalue weighted by Gasteiger charge is 2.26. The van der Waals surface area contributed by atoms with Gasteiger partial charge in [0.25, 0.3) is 0 Å². The molecule has 0 spiro atoms. The molecule has 2 atom stereocenters. The van der Waals surface area contributed by atoms with Crippen LogP contribution in [0, 0.1) is 0 Å². The Morgan fingerprint density at radius 2 is 1.94 bits per heavy atom. The first-order chi connectivity index (χ1) is 7.74. The Labute approximate surface area is 96.9 Å². The highest BCUT2D eigenvalue weighted by Crippen LogP contribution is 2.40. The fourth-order valence-corrected chi connectivity index (χ4v) is 2.30. The summed E-state index contributed by atoms with van der Waals surface area (Å²) in [6.07, 6.45) is 2.91. The maximum Gasteiger partial charge on any atom is 0.105 e. The van der Waals surface area contributed by atoms with E-state index in [4.69, 9.17) is 0 Å². The summed E-state index contributed by atoms with van der Waals surface area (Å²) in [4.78, 5) is 0. The molecule has 1 fully saturated rings. The van der Waals surface area contributed by atoms with E-state index in [1.807, 2.05) is 25.1 Å². The van der Waals surface area contributed by atoms with Crippen LogP contribution in [-0.2, 0) is 0 Å². The van der Waals surface area contributed by atoms with E-state index in [9.17, 15) is 10.2 Å². The largest absolute Gasteiger partial charge is 0.390 e. The topological polar surface area (TPSA) is 40.5 Å². The number of aliphatic hydroxyl groups is 2. The van der Waals surface area contributed by atoms with E-state index in [-0.39, 0.29) is 0 Å². The first-order valence-corrected chi connectivity index (χ1v) is 6.19. The van der Waals surface area contributed by atoms with Crippen LogP contribution in [0.4, 0.5) is 0 Å². The summed E-state index contributed by atoms with van der Waals surface area (Å²) < 4.78 is 0. The zero-order chi connectivity index (χ0) is 11.5. The van der Waals surface area contributed by atoms with Gasteiger partial charge in [-0.25, -0.2) is 0 Å². The summed E-state index contributed by atoms with van der Waals surface area (Å²) >= 11 is 0. The third kappa shape index (κ3) is 2.13. The van der Waals surface area contributed by atoms with Gasteiger partial charge in [-0.05, 0) is 36.3 Å². The van der Waals surface area contributed by atoms with Crippen LogP contribution in [0.1, 0.15) is 55.8 Å². The normalized spacial score (nSPS) is 20.2. The molecule has 1 aliphatic carbocycles. The molecule has 0 heterocycles. The molecule has 0 radical (unpaired) electrons. The van der Waals surface area contributed by atoms with Crippen molar-refractivity contribution in [1.82, 2.24) is 0 Å². The van der Waals surface area contributed by atoms with Crippen molar-refractivity contribution >= 4 is 0 Å². The van der Waals surface area contributed by atoms with Gasteiger partial charge in [0.2, 0.25) is 0 Å². The van der Waals surface area contributed by atoms with Crippen LogP contribution in [0.15, 0.2) is 24.3 Å². The van der Waals surface area contributed by atoms with E-state index in [1.54, 1.807) is 0 Å². The minimum Gasteiger partial charge on any atom is -0.390 e. The molecule has 88 valence electrons. The van der Waals surface area contributed by atoms with Gasteiger partial charge in [0, 0.05) is 0 Å². The van der Waals surface area contributed by atoms with Crippen LogP contribution >= 0.6 is 0 Å². The maximum absolute atomic E-state index is 10.1. The van der Waals surface area contributed by atoms with Gasteiger partial charge in [-0.2, -0.15) is 0 Å². The maximum atomic E-state index is 10.1. The Balaban J connectivity index is 2.24. The van der Waals surface area contributed by atoms with Crippen LogP contribution < -0.4 is 0 Å². The lowest BCUT2D eigenvalue weighted by Gasteiger charge is -2.30. The zero-order valence-electron chi connectivity index (χ0n) is 9.76. The van der Waals surface area contributed by atoms with E-state index in [0.29, 0.717) is 12.3 Å². The number of rotatable bonds is 4. The predicted octanol–water partition coefficient (Wildman–Crippen LogP) is 2.76. The van der Waals surface area contributed by atoms with Crippen LogP contribution in [0.25, 0.3) is 0 Å². The number of hydrogen-bond acceptors (Lipinski definition) is 2. The Morgan fingerprint density at radius 1 is 1.25 bits per heavy atom. The van der Waals surface area contributed by atoms with Crippen molar-refractivity contribution in [3.05, 3.63) is 35.4 Å². The SMILES string of the molecule is CCC(O)C(O)c1ccccc1C1CCC1. The molecule has 1 aliphatic rings. The molecule has 2 unspecified atom stereocenters. The van der Waals surface area contributed by atoms with Crippen LogP contribution in [0.2, 0.25) is 0 Å². The van der Waals surface area contributed by atoms with Gasteiger partial charge in [0.15, 0.2) is 0 Å². The number of hydrogen-bond donors (Lipinski definition) is 2. The number of aliphatic hydroxyl groups excluding tert-OH is 2. The van der Waals surface area contributed by atoms with E-state index in [1.165, 1.54) is 24.8 Å². The fourth-order valence-electron chi connectivity index (χ4n) is 2.30. The third-order valence-corrected chi connectivity index (χ3v) is 3.64. The Bertz CT molecular complexity index is 344. The monoisotopic (exact) mass is 220 g/mol.